The molecule has 0 aliphatic carbocycles. The number of ether oxygens (including phenoxy) is 1. The van der Waals surface area contributed by atoms with Crippen LogP contribution in [0.15, 0.2) is 30.3 Å². The molecule has 1 N–H and O–H groups in total. The molecule has 3 nitrogen and oxygen atoms in total. The minimum atomic E-state index is -0.670. The molecule has 0 saturated carbocycles. The fraction of sp³-hybridized carbons (Fsp3) is 0.708. The van der Waals surface area contributed by atoms with Crippen molar-refractivity contribution in [3.63, 3.8) is 0 Å². The molecule has 3 atom stereocenters. The van der Waals surface area contributed by atoms with E-state index in [1.54, 1.807) is 0 Å². The van der Waals surface area contributed by atoms with E-state index >= 15 is 0 Å². The maximum atomic E-state index is 10.5. The molecule has 1 aromatic carbocycles. The standard InChI is InChI=1S/C24H38O3Se/c1-2-3-8-16-23(28-21-14-10-7-11-15-21)22-19-18-20(27-22)13-9-5-4-6-12-17-24(25)26/h7,10-11,14-15,20,22-23H,2-6,8-9,12-13,16-19H2,1H3,(H,25,26). The van der Waals surface area contributed by atoms with Gasteiger partial charge >= 0.3 is 168 Å². The summed E-state index contributed by atoms with van der Waals surface area (Å²) >= 11 is 0.499. The molecule has 3 unspecified atom stereocenters. The second kappa shape index (κ2) is 14.2. The number of unbranched alkanes of at least 4 members (excludes halogenated alkanes) is 6. The number of hydrogen-bond donors (Lipinski definition) is 1. The predicted octanol–water partition coefficient (Wildman–Crippen LogP) is 5.75. The molecular weight excluding hydrogens is 415 g/mol. The molecule has 158 valence electrons. The van der Waals surface area contributed by atoms with E-state index in [9.17, 15) is 4.79 Å². The van der Waals surface area contributed by atoms with Crippen molar-refractivity contribution >= 4 is 25.4 Å². The van der Waals surface area contributed by atoms with Gasteiger partial charge in [0, 0.05) is 0 Å². The molecule has 0 radical (unpaired) electrons. The van der Waals surface area contributed by atoms with Crippen LogP contribution < -0.4 is 4.46 Å². The van der Waals surface area contributed by atoms with Gasteiger partial charge < -0.3 is 5.11 Å². The first-order valence-corrected chi connectivity index (χ1v) is 13.1. The molecule has 1 aliphatic heterocycles. The molecule has 0 aromatic heterocycles. The Morgan fingerprint density at radius 3 is 2.57 bits per heavy atom. The number of carboxylic acid groups (broad SMARTS) is 1. The van der Waals surface area contributed by atoms with Crippen molar-refractivity contribution in [3.05, 3.63) is 30.3 Å². The van der Waals surface area contributed by atoms with Gasteiger partial charge in [0.2, 0.25) is 0 Å². The van der Waals surface area contributed by atoms with Crippen molar-refractivity contribution in [2.75, 3.05) is 0 Å². The van der Waals surface area contributed by atoms with Gasteiger partial charge in [0.05, 0.1) is 0 Å². The summed E-state index contributed by atoms with van der Waals surface area (Å²) in [5, 5.41) is 8.68. The average Bonchev–Trinajstić information content (AvgIpc) is 3.16. The van der Waals surface area contributed by atoms with Crippen LogP contribution in [0.3, 0.4) is 0 Å². The second-order valence-electron chi connectivity index (χ2n) is 8.04. The molecular formula is C24H38O3Se. The summed E-state index contributed by atoms with van der Waals surface area (Å²) in [5.41, 5.74) is 0. The average molecular weight is 454 g/mol. The van der Waals surface area contributed by atoms with Crippen molar-refractivity contribution in [1.82, 2.24) is 0 Å². The first-order chi connectivity index (χ1) is 13.7. The van der Waals surface area contributed by atoms with E-state index in [0.717, 1.165) is 19.3 Å². The van der Waals surface area contributed by atoms with Crippen molar-refractivity contribution in [3.8, 4) is 0 Å². The first-order valence-electron chi connectivity index (χ1n) is 11.3. The molecule has 2 rings (SSSR count). The van der Waals surface area contributed by atoms with Gasteiger partial charge in [-0.3, -0.25) is 4.79 Å². The summed E-state index contributed by atoms with van der Waals surface area (Å²) < 4.78 is 8.03. The topological polar surface area (TPSA) is 46.5 Å². The van der Waals surface area contributed by atoms with Gasteiger partial charge in [-0.05, 0) is 0 Å². The summed E-state index contributed by atoms with van der Waals surface area (Å²) in [6, 6.07) is 11.0. The zero-order chi connectivity index (χ0) is 20.0. The van der Waals surface area contributed by atoms with Gasteiger partial charge in [0.1, 0.15) is 0 Å². The number of hydrogen-bond acceptors (Lipinski definition) is 2. The number of carboxylic acids is 1. The van der Waals surface area contributed by atoms with Gasteiger partial charge in [-0.25, -0.2) is 0 Å². The van der Waals surface area contributed by atoms with Crippen LogP contribution in [0.2, 0.25) is 4.82 Å². The number of carbonyl (C=O) groups is 1. The molecule has 0 bridgehead atoms. The molecule has 1 saturated heterocycles. The summed E-state index contributed by atoms with van der Waals surface area (Å²) in [7, 11) is 0. The molecule has 0 amide bonds. The SMILES string of the molecule is CCCCCC([Se]c1ccccc1)C1CCC(CCCCCCCC(=O)O)O1. The second-order valence-corrected chi connectivity index (χ2v) is 10.8. The van der Waals surface area contributed by atoms with Crippen LogP contribution in [-0.4, -0.2) is 38.2 Å². The van der Waals surface area contributed by atoms with Gasteiger partial charge in [-0.2, -0.15) is 0 Å². The Labute approximate surface area is 177 Å². The Kier molecular flexibility index (Phi) is 11.9. The third-order valence-electron chi connectivity index (χ3n) is 5.59. The van der Waals surface area contributed by atoms with E-state index in [2.05, 4.69) is 37.3 Å². The zero-order valence-corrected chi connectivity index (χ0v) is 19.2. The number of rotatable bonds is 15. The summed E-state index contributed by atoms with van der Waals surface area (Å²) in [6.07, 6.45) is 15.5. The summed E-state index contributed by atoms with van der Waals surface area (Å²) in [4.78, 5) is 11.2. The van der Waals surface area contributed by atoms with Crippen molar-refractivity contribution in [1.29, 1.82) is 0 Å². The Morgan fingerprint density at radius 1 is 1.07 bits per heavy atom. The Bertz CT molecular complexity index is 534. The molecule has 1 aromatic rings. The van der Waals surface area contributed by atoms with E-state index in [-0.39, 0.29) is 0 Å². The Morgan fingerprint density at radius 2 is 1.82 bits per heavy atom. The van der Waals surface area contributed by atoms with Crippen LogP contribution >= 0.6 is 0 Å². The van der Waals surface area contributed by atoms with E-state index in [1.165, 1.54) is 62.2 Å². The number of aliphatic carboxylic acids is 1. The van der Waals surface area contributed by atoms with Crippen molar-refractivity contribution in [2.24, 2.45) is 0 Å². The molecule has 28 heavy (non-hydrogen) atoms. The van der Waals surface area contributed by atoms with Gasteiger partial charge in [-0.15, -0.1) is 0 Å². The van der Waals surface area contributed by atoms with Gasteiger partial charge in [0.25, 0.3) is 0 Å². The van der Waals surface area contributed by atoms with E-state index < -0.39 is 5.97 Å². The zero-order valence-electron chi connectivity index (χ0n) is 17.5. The minimum absolute atomic E-state index is 0.315. The van der Waals surface area contributed by atoms with E-state index in [0.29, 0.717) is 38.4 Å². The first kappa shape index (κ1) is 23.4. The third kappa shape index (κ3) is 9.58. The summed E-state index contributed by atoms with van der Waals surface area (Å²) in [5.74, 6) is -0.670. The molecule has 0 spiro atoms. The Balaban J connectivity index is 1.69. The normalized spacial score (nSPS) is 20.3. The quantitative estimate of drug-likeness (QED) is 0.272. The van der Waals surface area contributed by atoms with Crippen LogP contribution in [0.25, 0.3) is 0 Å². The van der Waals surface area contributed by atoms with Crippen LogP contribution in [0.5, 0.6) is 0 Å². The summed E-state index contributed by atoms with van der Waals surface area (Å²) in [6.45, 7) is 2.28. The molecule has 1 heterocycles. The van der Waals surface area contributed by atoms with Crippen molar-refractivity contribution in [2.45, 2.75) is 107 Å². The predicted molar refractivity (Wildman–Crippen MR) is 118 cm³/mol. The van der Waals surface area contributed by atoms with E-state index in [1.807, 2.05) is 0 Å². The molecule has 1 aliphatic rings. The number of benzene rings is 1. The molecule has 4 heteroatoms. The third-order valence-corrected chi connectivity index (χ3v) is 8.50. The van der Waals surface area contributed by atoms with E-state index in [4.69, 9.17) is 9.84 Å². The van der Waals surface area contributed by atoms with Crippen LogP contribution in [0.4, 0.5) is 0 Å². The monoisotopic (exact) mass is 454 g/mol. The van der Waals surface area contributed by atoms with Gasteiger partial charge in [-0.1, -0.05) is 0 Å². The fourth-order valence-electron chi connectivity index (χ4n) is 3.99. The fourth-order valence-corrected chi connectivity index (χ4v) is 6.72. The van der Waals surface area contributed by atoms with Crippen LogP contribution in [-0.2, 0) is 9.53 Å². The maximum absolute atomic E-state index is 10.5. The Hall–Kier alpha value is -0.831. The molecule has 1 fully saturated rings. The van der Waals surface area contributed by atoms with Crippen molar-refractivity contribution < 1.29 is 14.6 Å². The van der Waals surface area contributed by atoms with Gasteiger partial charge in [0.15, 0.2) is 0 Å². The van der Waals surface area contributed by atoms with Crippen LogP contribution in [0, 0.1) is 0 Å². The van der Waals surface area contributed by atoms with Crippen LogP contribution in [0.1, 0.15) is 90.4 Å².